The maximum Gasteiger partial charge on any atom is 0.220 e. The van der Waals surface area contributed by atoms with Crippen LogP contribution in [0.1, 0.15) is 258 Å². The summed E-state index contributed by atoms with van der Waals surface area (Å²) in [5.74, 6) is -0.0859. The molecule has 0 saturated carbocycles. The van der Waals surface area contributed by atoms with Crippen molar-refractivity contribution in [2.45, 2.75) is 270 Å². The van der Waals surface area contributed by atoms with Crippen molar-refractivity contribution in [2.75, 3.05) is 6.61 Å². The summed E-state index contributed by atoms with van der Waals surface area (Å²) in [5, 5.41) is 23.2. The van der Waals surface area contributed by atoms with Crippen molar-refractivity contribution in [1.29, 1.82) is 0 Å². The number of carbonyl (C=O) groups is 1. The molecular formula is C64H109NO3. The summed E-state index contributed by atoms with van der Waals surface area (Å²) in [6.07, 6.45) is 89.3. The number of nitrogens with one attached hydrogen (secondary N) is 1. The number of amides is 1. The van der Waals surface area contributed by atoms with Crippen LogP contribution in [-0.2, 0) is 4.79 Å². The quantitative estimate of drug-likeness (QED) is 0.0420. The van der Waals surface area contributed by atoms with Crippen LogP contribution in [0.2, 0.25) is 0 Å². The lowest BCUT2D eigenvalue weighted by Gasteiger charge is -2.19. The molecule has 68 heavy (non-hydrogen) atoms. The van der Waals surface area contributed by atoms with Crippen molar-refractivity contribution in [3.05, 3.63) is 122 Å². The fraction of sp³-hybridized carbons (Fsp3) is 0.672. The Morgan fingerprint density at radius 1 is 0.368 bits per heavy atom. The minimum atomic E-state index is -0.875. The molecular weight excluding hydrogens is 831 g/mol. The van der Waals surface area contributed by atoms with Crippen molar-refractivity contribution in [3.63, 3.8) is 0 Å². The van der Waals surface area contributed by atoms with Crippen molar-refractivity contribution >= 4 is 5.91 Å². The number of hydrogen-bond donors (Lipinski definition) is 3. The highest BCUT2D eigenvalue weighted by Gasteiger charge is 2.17. The summed E-state index contributed by atoms with van der Waals surface area (Å²) >= 11 is 0. The molecule has 0 heterocycles. The van der Waals surface area contributed by atoms with Gasteiger partial charge in [-0.25, -0.2) is 0 Å². The summed E-state index contributed by atoms with van der Waals surface area (Å²) < 4.78 is 0. The third-order valence-corrected chi connectivity index (χ3v) is 12.4. The van der Waals surface area contributed by atoms with E-state index in [1.165, 1.54) is 141 Å². The predicted octanol–water partition coefficient (Wildman–Crippen LogP) is 19.2. The number of aliphatic hydroxyl groups is 2. The highest BCUT2D eigenvalue weighted by atomic mass is 16.3. The Hall–Kier alpha value is -3.21. The van der Waals surface area contributed by atoms with Gasteiger partial charge < -0.3 is 15.5 Å². The Kier molecular flexibility index (Phi) is 55.4. The molecule has 0 aromatic heterocycles. The van der Waals surface area contributed by atoms with Gasteiger partial charge in [0.1, 0.15) is 0 Å². The Bertz CT molecular complexity index is 1340. The Morgan fingerprint density at radius 2 is 0.662 bits per heavy atom. The number of rotatable bonds is 51. The van der Waals surface area contributed by atoms with Gasteiger partial charge in [-0.15, -0.1) is 0 Å². The molecule has 0 aliphatic carbocycles. The molecule has 4 nitrogen and oxygen atoms in total. The predicted molar refractivity (Wildman–Crippen MR) is 303 cm³/mol. The van der Waals surface area contributed by atoms with Gasteiger partial charge in [0.15, 0.2) is 0 Å². The van der Waals surface area contributed by atoms with E-state index < -0.39 is 12.1 Å². The molecule has 388 valence electrons. The fourth-order valence-corrected chi connectivity index (χ4v) is 8.09. The lowest BCUT2D eigenvalue weighted by molar-refractivity contribution is -0.123. The van der Waals surface area contributed by atoms with E-state index in [0.29, 0.717) is 6.42 Å². The first kappa shape index (κ1) is 64.8. The van der Waals surface area contributed by atoms with Crippen LogP contribution in [0.3, 0.4) is 0 Å². The van der Waals surface area contributed by atoms with E-state index in [0.717, 1.165) is 96.3 Å². The van der Waals surface area contributed by atoms with Crippen molar-refractivity contribution in [2.24, 2.45) is 0 Å². The van der Waals surface area contributed by atoms with Gasteiger partial charge in [-0.05, 0) is 96.3 Å². The van der Waals surface area contributed by atoms with Gasteiger partial charge >= 0.3 is 0 Å². The van der Waals surface area contributed by atoms with Gasteiger partial charge in [-0.3, -0.25) is 4.79 Å². The number of aliphatic hydroxyl groups excluding tert-OH is 2. The second-order valence-electron chi connectivity index (χ2n) is 19.0. The molecule has 4 heteroatoms. The summed E-state index contributed by atoms with van der Waals surface area (Å²) in [5.41, 5.74) is 0. The van der Waals surface area contributed by atoms with Crippen LogP contribution in [-0.4, -0.2) is 34.9 Å². The zero-order valence-corrected chi connectivity index (χ0v) is 44.6. The van der Waals surface area contributed by atoms with Crippen molar-refractivity contribution in [3.8, 4) is 0 Å². The summed E-state index contributed by atoms with van der Waals surface area (Å²) in [7, 11) is 0. The Labute approximate surface area is 422 Å². The molecule has 0 fully saturated rings. The lowest BCUT2D eigenvalue weighted by atomic mass is 10.0. The first-order chi connectivity index (χ1) is 33.7. The molecule has 3 N–H and O–H groups in total. The monoisotopic (exact) mass is 940 g/mol. The topological polar surface area (TPSA) is 69.6 Å². The van der Waals surface area contributed by atoms with E-state index in [1.54, 1.807) is 6.08 Å². The molecule has 1 amide bonds. The van der Waals surface area contributed by atoms with E-state index in [4.69, 9.17) is 0 Å². The molecule has 0 aliphatic rings. The normalized spacial score (nSPS) is 13.8. The summed E-state index contributed by atoms with van der Waals surface area (Å²) in [6, 6.07) is -0.653. The van der Waals surface area contributed by atoms with Gasteiger partial charge in [0.25, 0.3) is 0 Å². The van der Waals surface area contributed by atoms with Crippen molar-refractivity contribution < 1.29 is 15.0 Å². The van der Waals surface area contributed by atoms with Gasteiger partial charge in [-0.2, -0.15) is 0 Å². The second kappa shape index (κ2) is 58.1. The van der Waals surface area contributed by atoms with Crippen LogP contribution in [0.15, 0.2) is 122 Å². The maximum atomic E-state index is 12.5. The average molecular weight is 941 g/mol. The van der Waals surface area contributed by atoms with Crippen molar-refractivity contribution in [1.82, 2.24) is 5.32 Å². The summed E-state index contributed by atoms with van der Waals surface area (Å²) in [4.78, 5) is 12.5. The van der Waals surface area contributed by atoms with Gasteiger partial charge in [0.05, 0.1) is 18.8 Å². The smallest absolute Gasteiger partial charge is 0.220 e. The zero-order chi connectivity index (χ0) is 49.2. The van der Waals surface area contributed by atoms with Crippen LogP contribution < -0.4 is 5.32 Å². The van der Waals surface area contributed by atoms with E-state index in [2.05, 4.69) is 129 Å². The minimum absolute atomic E-state index is 0.0859. The zero-order valence-electron chi connectivity index (χ0n) is 44.6. The highest BCUT2D eigenvalue weighted by molar-refractivity contribution is 5.76. The Balaban J connectivity index is 3.64. The lowest BCUT2D eigenvalue weighted by Crippen LogP contribution is -2.45. The van der Waals surface area contributed by atoms with E-state index in [-0.39, 0.29) is 12.5 Å². The standard InChI is InChI=1S/C64H109NO3/c1-3-5-7-9-11-13-15-17-19-21-23-25-27-28-29-30-31-32-33-34-35-36-38-40-42-44-46-48-50-52-54-56-58-60-64(68)65-62(61-66)63(67)59-57-55-53-51-49-47-45-43-41-39-37-26-24-22-20-18-16-14-12-10-8-6-4-2/h5,7,11,13,17,19,23,25,28-29,31-32,34-35,38,40,49,51,57,59,62-63,66-67H,3-4,6,8-10,12,14-16,18,20-22,24,26-27,30,33,36-37,39,41-48,50,52-56,58,60-61H2,1-2H3,(H,65,68)/b7-5-,13-11-,19-17-,25-23-,29-28-,32-31-,35-34-,40-38-,51-49+,59-57+. The molecule has 0 aliphatic heterocycles. The summed E-state index contributed by atoms with van der Waals surface area (Å²) in [6.45, 7) is 4.19. The first-order valence-electron chi connectivity index (χ1n) is 28.7. The van der Waals surface area contributed by atoms with Gasteiger partial charge in [0.2, 0.25) is 5.91 Å². The minimum Gasteiger partial charge on any atom is -0.394 e. The van der Waals surface area contributed by atoms with Crippen LogP contribution in [0, 0.1) is 0 Å². The number of unbranched alkanes of at least 4 members (excludes halogenated alkanes) is 26. The molecule has 0 aromatic rings. The average Bonchev–Trinajstić information content (AvgIpc) is 3.34. The molecule has 0 aromatic carbocycles. The van der Waals surface area contributed by atoms with E-state index >= 15 is 0 Å². The van der Waals surface area contributed by atoms with Crippen LogP contribution in [0.5, 0.6) is 0 Å². The third kappa shape index (κ3) is 53.7. The Morgan fingerprint density at radius 3 is 1.03 bits per heavy atom. The second-order valence-corrected chi connectivity index (χ2v) is 19.0. The van der Waals surface area contributed by atoms with E-state index in [9.17, 15) is 15.0 Å². The number of carbonyl (C=O) groups excluding carboxylic acids is 1. The van der Waals surface area contributed by atoms with Gasteiger partial charge in [-0.1, -0.05) is 277 Å². The molecule has 0 spiro atoms. The third-order valence-electron chi connectivity index (χ3n) is 12.4. The molecule has 2 atom stereocenters. The fourth-order valence-electron chi connectivity index (χ4n) is 8.09. The first-order valence-corrected chi connectivity index (χ1v) is 28.7. The van der Waals surface area contributed by atoms with Crippen LogP contribution in [0.4, 0.5) is 0 Å². The van der Waals surface area contributed by atoms with Gasteiger partial charge in [0, 0.05) is 6.42 Å². The highest BCUT2D eigenvalue weighted by Crippen LogP contribution is 2.15. The molecule has 0 rings (SSSR count). The van der Waals surface area contributed by atoms with Crippen LogP contribution in [0.25, 0.3) is 0 Å². The molecule has 0 saturated heterocycles. The number of hydrogen-bond acceptors (Lipinski definition) is 3. The number of allylic oxidation sites excluding steroid dienone is 19. The maximum absolute atomic E-state index is 12.5. The SMILES string of the molecule is CC/C=C\C/C=C\C/C=C\C/C=C\C/C=C\C/C=C\C/C=C\C/C=C\CCCCCCCCCCC(=O)NC(CO)C(O)/C=C/CC/C=C/CCCCCCCCCCCCCCCCCCC. The molecule has 0 radical (unpaired) electrons. The molecule has 2 unspecified atom stereocenters. The van der Waals surface area contributed by atoms with E-state index in [1.807, 2.05) is 6.08 Å². The molecule has 0 bridgehead atoms. The van der Waals surface area contributed by atoms with Crippen LogP contribution >= 0.6 is 0 Å². The largest absolute Gasteiger partial charge is 0.394 e.